The van der Waals surface area contributed by atoms with E-state index in [0.717, 1.165) is 11.3 Å². The highest BCUT2D eigenvalue weighted by atomic mass is 35.5. The minimum absolute atomic E-state index is 0.0313. The number of anilines is 1. The fourth-order valence-corrected chi connectivity index (χ4v) is 6.38. The smallest absolute Gasteiger partial charge is 0.241 e. The van der Waals surface area contributed by atoms with Crippen LogP contribution in [0.1, 0.15) is 5.56 Å². The van der Waals surface area contributed by atoms with Crippen molar-refractivity contribution in [3.05, 3.63) is 53.1 Å². The average Bonchev–Trinajstić information content (AvgIpc) is 3.06. The van der Waals surface area contributed by atoms with Gasteiger partial charge in [-0.3, -0.25) is 9.69 Å². The van der Waals surface area contributed by atoms with Gasteiger partial charge in [-0.1, -0.05) is 17.7 Å². The van der Waals surface area contributed by atoms with Gasteiger partial charge in [-0.2, -0.15) is 0 Å². The van der Waals surface area contributed by atoms with Gasteiger partial charge < -0.3 is 14.4 Å². The van der Waals surface area contributed by atoms with Crippen LogP contribution < -0.4 is 14.4 Å². The Balaban J connectivity index is 1.49. The summed E-state index contributed by atoms with van der Waals surface area (Å²) in [6.45, 7) is 2.82. The van der Waals surface area contributed by atoms with Crippen LogP contribution in [-0.2, 0) is 14.6 Å². The van der Waals surface area contributed by atoms with E-state index in [9.17, 15) is 13.2 Å². The van der Waals surface area contributed by atoms with Crippen LogP contribution in [-0.4, -0.2) is 69.6 Å². The topological polar surface area (TPSA) is 76.2 Å². The number of sulfone groups is 1. The largest absolute Gasteiger partial charge is 0.497 e. The summed E-state index contributed by atoms with van der Waals surface area (Å²) in [5.74, 6) is 1.27. The number of carbonyl (C=O) groups is 1. The number of hydrogen-bond acceptors (Lipinski definition) is 6. The first kappa shape index (κ1) is 21.9. The van der Waals surface area contributed by atoms with Crippen molar-refractivity contribution < 1.29 is 22.7 Å². The molecule has 2 fully saturated rings. The number of halogens is 1. The van der Waals surface area contributed by atoms with Crippen LogP contribution in [0.5, 0.6) is 11.5 Å². The van der Waals surface area contributed by atoms with E-state index in [2.05, 4.69) is 0 Å². The molecule has 0 bridgehead atoms. The van der Waals surface area contributed by atoms with Crippen LogP contribution in [0, 0.1) is 6.92 Å². The first-order valence-corrected chi connectivity index (χ1v) is 12.3. The fraction of sp³-hybridized carbons (Fsp3) is 0.409. The molecule has 166 valence electrons. The van der Waals surface area contributed by atoms with Crippen molar-refractivity contribution in [2.24, 2.45) is 0 Å². The Morgan fingerprint density at radius 2 is 1.74 bits per heavy atom. The summed E-state index contributed by atoms with van der Waals surface area (Å²) in [6.07, 6.45) is 0. The third kappa shape index (κ3) is 4.66. The molecule has 2 unspecified atom stereocenters. The molecule has 2 aliphatic heterocycles. The summed E-state index contributed by atoms with van der Waals surface area (Å²) < 4.78 is 35.9. The maximum atomic E-state index is 13.1. The van der Waals surface area contributed by atoms with Crippen LogP contribution >= 0.6 is 11.6 Å². The summed E-state index contributed by atoms with van der Waals surface area (Å²) in [7, 11) is -1.65. The van der Waals surface area contributed by atoms with Crippen LogP contribution in [0.4, 0.5) is 5.69 Å². The summed E-state index contributed by atoms with van der Waals surface area (Å²) in [5.41, 5.74) is 1.55. The quantitative estimate of drug-likeness (QED) is 0.654. The minimum Gasteiger partial charge on any atom is -0.497 e. The van der Waals surface area contributed by atoms with Gasteiger partial charge >= 0.3 is 0 Å². The van der Waals surface area contributed by atoms with Crippen LogP contribution in [0.3, 0.4) is 0 Å². The number of ether oxygens (including phenoxy) is 2. The second kappa shape index (κ2) is 8.68. The van der Waals surface area contributed by atoms with Gasteiger partial charge in [0, 0.05) is 23.3 Å². The van der Waals surface area contributed by atoms with Gasteiger partial charge in [0.25, 0.3) is 0 Å². The van der Waals surface area contributed by atoms with Gasteiger partial charge in [-0.15, -0.1) is 0 Å². The van der Waals surface area contributed by atoms with Crippen LogP contribution in [0.15, 0.2) is 42.5 Å². The lowest BCUT2D eigenvalue weighted by molar-refractivity contribution is -0.123. The number of rotatable bonds is 6. The number of nitrogens with zero attached hydrogens (tertiary/aromatic N) is 2. The molecule has 0 N–H and O–H groups in total. The van der Waals surface area contributed by atoms with Crippen molar-refractivity contribution in [1.29, 1.82) is 0 Å². The fourth-order valence-electron chi connectivity index (χ4n) is 4.22. The van der Waals surface area contributed by atoms with E-state index in [-0.39, 0.29) is 30.0 Å². The predicted molar refractivity (Wildman–Crippen MR) is 120 cm³/mol. The number of aryl methyl sites for hydroxylation is 1. The maximum absolute atomic E-state index is 13.1. The van der Waals surface area contributed by atoms with E-state index >= 15 is 0 Å². The minimum atomic E-state index is -3.25. The number of piperazine rings is 1. The molecule has 2 aromatic rings. The second-order valence-corrected chi connectivity index (χ2v) is 10.5. The van der Waals surface area contributed by atoms with Crippen LogP contribution in [0.25, 0.3) is 0 Å². The van der Waals surface area contributed by atoms with Gasteiger partial charge in [0.05, 0.1) is 31.2 Å². The summed E-state index contributed by atoms with van der Waals surface area (Å²) in [4.78, 5) is 16.6. The molecular formula is C22H25ClN2O5S. The Morgan fingerprint density at radius 1 is 1.06 bits per heavy atom. The monoisotopic (exact) mass is 464 g/mol. The summed E-state index contributed by atoms with van der Waals surface area (Å²) in [6, 6.07) is 11.9. The summed E-state index contributed by atoms with van der Waals surface area (Å²) >= 11 is 6.26. The lowest BCUT2D eigenvalue weighted by Crippen LogP contribution is -2.62. The average molecular weight is 465 g/mol. The highest BCUT2D eigenvalue weighted by Gasteiger charge is 2.49. The molecule has 31 heavy (non-hydrogen) atoms. The number of amides is 1. The van der Waals surface area contributed by atoms with Gasteiger partial charge in [0.15, 0.2) is 9.84 Å². The Hall–Kier alpha value is -2.29. The van der Waals surface area contributed by atoms with E-state index in [0.29, 0.717) is 29.6 Å². The van der Waals surface area contributed by atoms with Gasteiger partial charge in [0.1, 0.15) is 18.1 Å². The number of fused-ring (bicyclic) bond motifs is 1. The zero-order valence-electron chi connectivity index (χ0n) is 17.5. The van der Waals surface area contributed by atoms with Crippen molar-refractivity contribution in [2.45, 2.75) is 19.0 Å². The van der Waals surface area contributed by atoms with Crippen molar-refractivity contribution in [3.63, 3.8) is 0 Å². The Bertz CT molecular complexity index is 1070. The lowest BCUT2D eigenvalue weighted by atomic mass is 10.0. The zero-order valence-corrected chi connectivity index (χ0v) is 19.0. The Morgan fingerprint density at radius 3 is 2.42 bits per heavy atom. The van der Waals surface area contributed by atoms with Crippen molar-refractivity contribution >= 4 is 33.0 Å². The van der Waals surface area contributed by atoms with Crippen molar-refractivity contribution in [2.75, 3.05) is 43.2 Å². The molecule has 0 spiro atoms. The SMILES string of the molecule is COc1ccc(OCCN2CC(=O)N(c3ccc(C)c(Cl)c3)C3CS(=O)(=O)CC32)cc1. The number of methoxy groups -OCH3 is 1. The molecule has 2 atom stereocenters. The summed E-state index contributed by atoms with van der Waals surface area (Å²) in [5, 5.41) is 0.554. The first-order chi connectivity index (χ1) is 14.8. The highest BCUT2D eigenvalue weighted by molar-refractivity contribution is 7.91. The Labute approximate surface area is 187 Å². The molecule has 1 amide bonds. The molecule has 2 saturated heterocycles. The molecule has 0 saturated carbocycles. The molecule has 0 aliphatic carbocycles. The van der Waals surface area contributed by atoms with Crippen molar-refractivity contribution in [3.8, 4) is 11.5 Å². The number of carbonyl (C=O) groups excluding carboxylic acids is 1. The van der Waals surface area contributed by atoms with Gasteiger partial charge in [-0.05, 0) is 48.9 Å². The zero-order chi connectivity index (χ0) is 22.2. The molecule has 0 radical (unpaired) electrons. The van der Waals surface area contributed by atoms with E-state index in [1.165, 1.54) is 0 Å². The normalized spacial score (nSPS) is 22.9. The third-order valence-corrected chi connectivity index (χ3v) is 7.95. The molecule has 7 nitrogen and oxygen atoms in total. The molecular weight excluding hydrogens is 440 g/mol. The van der Waals surface area contributed by atoms with E-state index < -0.39 is 15.9 Å². The standard InChI is InChI=1S/C22H25ClN2O5S/c1-15-3-4-16(11-19(15)23)25-21-14-31(27,28)13-20(21)24(12-22(25)26)9-10-30-18-7-5-17(29-2)6-8-18/h3-8,11,20-21H,9-10,12-14H2,1-2H3. The van der Waals surface area contributed by atoms with E-state index in [1.54, 1.807) is 18.1 Å². The first-order valence-electron chi connectivity index (χ1n) is 10.1. The lowest BCUT2D eigenvalue weighted by Gasteiger charge is -2.43. The third-order valence-electron chi connectivity index (χ3n) is 5.84. The number of hydrogen-bond donors (Lipinski definition) is 0. The number of benzene rings is 2. The molecule has 2 aliphatic rings. The van der Waals surface area contributed by atoms with Crippen molar-refractivity contribution in [1.82, 2.24) is 4.90 Å². The molecule has 0 aromatic heterocycles. The highest BCUT2D eigenvalue weighted by Crippen LogP contribution is 2.33. The second-order valence-electron chi connectivity index (χ2n) is 7.90. The van der Waals surface area contributed by atoms with Gasteiger partial charge in [-0.25, -0.2) is 8.42 Å². The molecule has 4 rings (SSSR count). The molecule has 9 heteroatoms. The predicted octanol–water partition coefficient (Wildman–Crippen LogP) is 2.55. The Kier molecular flexibility index (Phi) is 6.14. The van der Waals surface area contributed by atoms with Gasteiger partial charge in [0.2, 0.25) is 5.91 Å². The van der Waals surface area contributed by atoms with Crippen LogP contribution in [0.2, 0.25) is 5.02 Å². The molecule has 2 aromatic carbocycles. The maximum Gasteiger partial charge on any atom is 0.241 e. The van der Waals surface area contributed by atoms with E-state index in [4.69, 9.17) is 21.1 Å². The molecule has 2 heterocycles. The van der Waals surface area contributed by atoms with E-state index in [1.807, 2.05) is 48.2 Å².